The molecule has 1 aromatic heterocycles. The van der Waals surface area contributed by atoms with Gasteiger partial charge < -0.3 is 14.8 Å². The molecule has 1 N–H and O–H groups in total. The predicted molar refractivity (Wildman–Crippen MR) is 133 cm³/mol. The third-order valence-corrected chi connectivity index (χ3v) is 5.73. The van der Waals surface area contributed by atoms with Crippen LogP contribution in [0.4, 0.5) is 0 Å². The van der Waals surface area contributed by atoms with Crippen molar-refractivity contribution in [2.75, 3.05) is 14.2 Å². The number of hydrogen-bond donors (Lipinski definition) is 1. The maximum atomic E-state index is 12.7. The topological polar surface area (TPSA) is 65.4 Å². The van der Waals surface area contributed by atoms with Gasteiger partial charge in [0.25, 0.3) is 0 Å². The van der Waals surface area contributed by atoms with Gasteiger partial charge in [-0.3, -0.25) is 4.79 Å². The molecule has 0 saturated heterocycles. The van der Waals surface area contributed by atoms with E-state index in [2.05, 4.69) is 36.5 Å². The minimum atomic E-state index is -0.0276. The first-order valence-electron chi connectivity index (χ1n) is 11.3. The molecule has 0 spiro atoms. The highest BCUT2D eigenvalue weighted by atomic mass is 16.5. The maximum absolute atomic E-state index is 12.7. The van der Waals surface area contributed by atoms with Gasteiger partial charge in [0, 0.05) is 36.4 Å². The normalized spacial score (nSPS) is 10.7. The number of ether oxygens (including phenoxy) is 2. The number of rotatable bonds is 9. The Labute approximate surface area is 200 Å². The Bertz CT molecular complexity index is 1250. The molecule has 0 aliphatic carbocycles. The van der Waals surface area contributed by atoms with Crippen molar-refractivity contribution in [2.24, 2.45) is 0 Å². The average Bonchev–Trinajstić information content (AvgIpc) is 3.31. The number of aryl methyl sites for hydroxylation is 2. The number of carbonyl (C=O) groups is 1. The Morgan fingerprint density at radius 2 is 1.71 bits per heavy atom. The lowest BCUT2D eigenvalue weighted by atomic mass is 10.0. The van der Waals surface area contributed by atoms with Crippen molar-refractivity contribution < 1.29 is 14.3 Å². The van der Waals surface area contributed by atoms with Crippen LogP contribution in [0, 0.1) is 6.92 Å². The zero-order chi connectivity index (χ0) is 23.9. The molecule has 0 atom stereocenters. The summed E-state index contributed by atoms with van der Waals surface area (Å²) in [5, 5.41) is 7.85. The second-order valence-electron chi connectivity index (χ2n) is 8.10. The van der Waals surface area contributed by atoms with E-state index in [1.54, 1.807) is 14.2 Å². The predicted octanol–water partition coefficient (Wildman–Crippen LogP) is 5.11. The smallest absolute Gasteiger partial charge is 0.220 e. The molecular formula is C28H29N3O3. The van der Waals surface area contributed by atoms with Gasteiger partial charge in [0.1, 0.15) is 11.5 Å². The molecule has 3 aromatic carbocycles. The van der Waals surface area contributed by atoms with E-state index in [-0.39, 0.29) is 5.91 Å². The van der Waals surface area contributed by atoms with Gasteiger partial charge in [0.15, 0.2) is 0 Å². The molecule has 0 saturated carbocycles. The molecule has 4 aromatic rings. The number of nitrogens with one attached hydrogen (secondary N) is 1. The fourth-order valence-corrected chi connectivity index (χ4v) is 3.79. The Morgan fingerprint density at radius 1 is 0.941 bits per heavy atom. The zero-order valence-corrected chi connectivity index (χ0v) is 19.7. The highest BCUT2D eigenvalue weighted by Gasteiger charge is 2.14. The number of carbonyl (C=O) groups excluding carboxylic acids is 1. The van der Waals surface area contributed by atoms with Crippen molar-refractivity contribution in [1.82, 2.24) is 15.1 Å². The summed E-state index contributed by atoms with van der Waals surface area (Å²) in [7, 11) is 3.22. The highest BCUT2D eigenvalue weighted by Crippen LogP contribution is 2.26. The van der Waals surface area contributed by atoms with E-state index in [1.807, 2.05) is 59.4 Å². The van der Waals surface area contributed by atoms with Gasteiger partial charge in [-0.1, -0.05) is 48.0 Å². The zero-order valence-electron chi connectivity index (χ0n) is 19.7. The fourth-order valence-electron chi connectivity index (χ4n) is 3.79. The largest absolute Gasteiger partial charge is 0.497 e. The van der Waals surface area contributed by atoms with E-state index in [1.165, 1.54) is 5.56 Å². The number of methoxy groups -OCH3 is 2. The number of nitrogens with zero attached hydrogens (tertiary/aromatic N) is 2. The van der Waals surface area contributed by atoms with Crippen molar-refractivity contribution in [3.05, 3.63) is 95.7 Å². The van der Waals surface area contributed by atoms with Crippen molar-refractivity contribution in [1.29, 1.82) is 0 Å². The first-order chi connectivity index (χ1) is 16.6. The quantitative estimate of drug-likeness (QED) is 0.381. The van der Waals surface area contributed by atoms with Crippen molar-refractivity contribution in [3.8, 4) is 28.4 Å². The van der Waals surface area contributed by atoms with Crippen molar-refractivity contribution in [3.63, 3.8) is 0 Å². The number of benzene rings is 3. The van der Waals surface area contributed by atoms with Crippen LogP contribution < -0.4 is 14.8 Å². The van der Waals surface area contributed by atoms with Gasteiger partial charge in [-0.05, 0) is 43.2 Å². The number of aromatic nitrogens is 2. The van der Waals surface area contributed by atoms with Gasteiger partial charge in [-0.2, -0.15) is 5.10 Å². The summed E-state index contributed by atoms with van der Waals surface area (Å²) in [5.41, 5.74) is 6.05. The lowest BCUT2D eigenvalue weighted by Gasteiger charge is -2.11. The molecule has 0 radical (unpaired) electrons. The molecule has 1 amide bonds. The van der Waals surface area contributed by atoms with Crippen LogP contribution in [-0.2, 0) is 17.8 Å². The van der Waals surface area contributed by atoms with Crippen LogP contribution in [0.3, 0.4) is 0 Å². The lowest BCUT2D eigenvalue weighted by molar-refractivity contribution is -0.121. The number of hydrogen-bond acceptors (Lipinski definition) is 4. The van der Waals surface area contributed by atoms with Crippen LogP contribution in [0.1, 0.15) is 23.1 Å². The standard InChI is InChI=1S/C28H29N3O3/c1-20-9-11-21(12-10-20)28-23(19-31(30-28)24-7-5-4-6-8-24)14-16-27(32)29-18-22-13-15-25(33-2)17-26(22)34-3/h4-13,15,17,19H,14,16,18H2,1-3H3,(H,29,32). The molecule has 0 unspecified atom stereocenters. The second-order valence-corrected chi connectivity index (χ2v) is 8.10. The summed E-state index contributed by atoms with van der Waals surface area (Å²) < 4.78 is 12.5. The second kappa shape index (κ2) is 10.7. The summed E-state index contributed by atoms with van der Waals surface area (Å²) in [6, 6.07) is 23.9. The van der Waals surface area contributed by atoms with Gasteiger partial charge in [0.05, 0.1) is 25.6 Å². The molecule has 4 rings (SSSR count). The van der Waals surface area contributed by atoms with E-state index in [9.17, 15) is 4.79 Å². The average molecular weight is 456 g/mol. The van der Waals surface area contributed by atoms with Gasteiger partial charge in [0.2, 0.25) is 5.91 Å². The highest BCUT2D eigenvalue weighted by molar-refractivity contribution is 5.77. The molecule has 0 fully saturated rings. The Balaban J connectivity index is 1.48. The van der Waals surface area contributed by atoms with Crippen LogP contribution in [-0.4, -0.2) is 29.9 Å². The van der Waals surface area contributed by atoms with Gasteiger partial charge >= 0.3 is 0 Å². The molecule has 6 heteroatoms. The molecule has 1 heterocycles. The first-order valence-corrected chi connectivity index (χ1v) is 11.3. The molecule has 0 bridgehead atoms. The molecule has 0 aliphatic rings. The van der Waals surface area contributed by atoms with Gasteiger partial charge in [-0.25, -0.2) is 4.68 Å². The minimum Gasteiger partial charge on any atom is -0.497 e. The molecule has 0 aliphatic heterocycles. The number of para-hydroxylation sites is 1. The summed E-state index contributed by atoms with van der Waals surface area (Å²) in [6.45, 7) is 2.45. The van der Waals surface area contributed by atoms with Crippen LogP contribution >= 0.6 is 0 Å². The first kappa shape index (κ1) is 23.1. The van der Waals surface area contributed by atoms with E-state index in [0.29, 0.717) is 30.9 Å². The van der Waals surface area contributed by atoms with Crippen molar-refractivity contribution in [2.45, 2.75) is 26.3 Å². The summed E-state index contributed by atoms with van der Waals surface area (Å²) in [5.74, 6) is 1.37. The Morgan fingerprint density at radius 3 is 2.41 bits per heavy atom. The molecule has 34 heavy (non-hydrogen) atoms. The summed E-state index contributed by atoms with van der Waals surface area (Å²) in [6.07, 6.45) is 2.96. The molecule has 6 nitrogen and oxygen atoms in total. The lowest BCUT2D eigenvalue weighted by Crippen LogP contribution is -2.23. The molecule has 174 valence electrons. The summed E-state index contributed by atoms with van der Waals surface area (Å²) >= 11 is 0. The van der Waals surface area contributed by atoms with Gasteiger partial charge in [-0.15, -0.1) is 0 Å². The SMILES string of the molecule is COc1ccc(CNC(=O)CCc2cn(-c3ccccc3)nc2-c2ccc(C)cc2)c(OC)c1. The fraction of sp³-hybridized carbons (Fsp3) is 0.214. The minimum absolute atomic E-state index is 0.0276. The van der Waals surface area contributed by atoms with Crippen LogP contribution in [0.5, 0.6) is 11.5 Å². The number of amides is 1. The molecular weight excluding hydrogens is 426 g/mol. The maximum Gasteiger partial charge on any atom is 0.220 e. The van der Waals surface area contributed by atoms with E-state index in [0.717, 1.165) is 28.1 Å². The van der Waals surface area contributed by atoms with E-state index < -0.39 is 0 Å². The summed E-state index contributed by atoms with van der Waals surface area (Å²) in [4.78, 5) is 12.7. The third-order valence-electron chi connectivity index (χ3n) is 5.73. The van der Waals surface area contributed by atoms with Crippen molar-refractivity contribution >= 4 is 5.91 Å². The van der Waals surface area contributed by atoms with Crippen LogP contribution in [0.15, 0.2) is 79.0 Å². The Kier molecular flexibility index (Phi) is 7.28. The van der Waals surface area contributed by atoms with Crippen LogP contribution in [0.2, 0.25) is 0 Å². The van der Waals surface area contributed by atoms with Crippen LogP contribution in [0.25, 0.3) is 16.9 Å². The van der Waals surface area contributed by atoms with E-state index >= 15 is 0 Å². The monoisotopic (exact) mass is 455 g/mol. The van der Waals surface area contributed by atoms with E-state index in [4.69, 9.17) is 14.6 Å². The third kappa shape index (κ3) is 5.46. The Hall–Kier alpha value is -4.06.